The molecule has 1 N–H and O–H groups in total. The number of allylic oxidation sites excluding steroid dienone is 4. The molecule has 0 aromatic carbocycles. The molecule has 1 heterocycles. The minimum absolute atomic E-state index is 0.257. The molecule has 1 atom stereocenters. The van der Waals surface area contributed by atoms with Gasteiger partial charge >= 0.3 is 114 Å². The summed E-state index contributed by atoms with van der Waals surface area (Å²) in [5.41, 5.74) is 2.96. The number of hydrogen-bond acceptors (Lipinski definition) is 1. The van der Waals surface area contributed by atoms with Crippen molar-refractivity contribution in [1.29, 1.82) is 0 Å². The topological polar surface area (TPSA) is 20.2 Å². The number of halogens is 1. The van der Waals surface area contributed by atoms with E-state index in [2.05, 4.69) is 39.8 Å². The van der Waals surface area contributed by atoms with Crippen molar-refractivity contribution in [1.82, 2.24) is 0 Å². The summed E-state index contributed by atoms with van der Waals surface area (Å²) in [5.74, 6) is 0. The first-order valence-corrected chi connectivity index (χ1v) is 10.6. The van der Waals surface area contributed by atoms with Gasteiger partial charge in [-0.2, -0.15) is 0 Å². The molecule has 1 rings (SSSR count). The Morgan fingerprint density at radius 2 is 2.24 bits per heavy atom. The van der Waals surface area contributed by atoms with Gasteiger partial charge in [0.05, 0.1) is 0 Å². The van der Waals surface area contributed by atoms with Gasteiger partial charge in [-0.15, -0.1) is 0 Å². The van der Waals surface area contributed by atoms with E-state index in [1.807, 2.05) is 0 Å². The third kappa shape index (κ3) is 4.74. The summed E-state index contributed by atoms with van der Waals surface area (Å²) >= 11 is -1.00. The summed E-state index contributed by atoms with van der Waals surface area (Å²) in [7, 11) is 0. The fraction of sp³-hybridized carbons (Fsp3) is 0.733. The summed E-state index contributed by atoms with van der Waals surface area (Å²) in [6.45, 7) is 9.27. The summed E-state index contributed by atoms with van der Waals surface area (Å²) < 4.78 is 2.97. The van der Waals surface area contributed by atoms with Crippen LogP contribution >= 0.6 is 19.8 Å². The van der Waals surface area contributed by atoms with Crippen LogP contribution in [-0.4, -0.2) is 24.0 Å². The van der Waals surface area contributed by atoms with Crippen LogP contribution in [0, 0.1) is 0 Å². The Kier molecular flexibility index (Phi) is 6.21. The van der Waals surface area contributed by atoms with Gasteiger partial charge in [0, 0.05) is 0 Å². The van der Waals surface area contributed by atoms with Crippen molar-refractivity contribution in [2.24, 2.45) is 0 Å². The van der Waals surface area contributed by atoms with Crippen molar-refractivity contribution in [3.63, 3.8) is 0 Å². The van der Waals surface area contributed by atoms with E-state index in [0.717, 1.165) is 6.42 Å². The van der Waals surface area contributed by atoms with E-state index in [1.54, 1.807) is 5.57 Å². The van der Waals surface area contributed by atoms with E-state index >= 15 is 0 Å². The molecule has 0 fully saturated rings. The predicted molar refractivity (Wildman–Crippen MR) is 86.3 cm³/mol. The van der Waals surface area contributed by atoms with Crippen LogP contribution in [0.15, 0.2) is 23.3 Å². The average Bonchev–Trinajstić information content (AvgIpc) is 2.29. The molecule has 0 aromatic rings. The van der Waals surface area contributed by atoms with E-state index in [1.165, 1.54) is 27.3 Å². The van der Waals surface area contributed by atoms with Crippen LogP contribution in [0.3, 0.4) is 0 Å². The zero-order chi connectivity index (χ0) is 12.9. The monoisotopic (exact) mass is 350 g/mol. The van der Waals surface area contributed by atoms with Crippen LogP contribution in [-0.2, 0) is 0 Å². The van der Waals surface area contributed by atoms with Gasteiger partial charge in [0.2, 0.25) is 0 Å². The summed E-state index contributed by atoms with van der Waals surface area (Å²) in [6.07, 6.45) is 8.34. The molecular formula is C15H27IO. The summed E-state index contributed by atoms with van der Waals surface area (Å²) in [6, 6.07) is 0. The van der Waals surface area contributed by atoms with Crippen molar-refractivity contribution in [3.8, 4) is 0 Å². The average molecular weight is 350 g/mol. The third-order valence-electron chi connectivity index (χ3n) is 3.52. The van der Waals surface area contributed by atoms with E-state index in [0.29, 0.717) is 6.61 Å². The van der Waals surface area contributed by atoms with Crippen molar-refractivity contribution < 1.29 is 5.11 Å². The molecule has 0 aliphatic carbocycles. The van der Waals surface area contributed by atoms with Gasteiger partial charge in [-0.1, -0.05) is 0 Å². The van der Waals surface area contributed by atoms with Crippen molar-refractivity contribution in [2.75, 3.05) is 15.5 Å². The van der Waals surface area contributed by atoms with E-state index in [9.17, 15) is 5.11 Å². The fourth-order valence-corrected chi connectivity index (χ4v) is 9.19. The molecule has 0 spiro atoms. The molecule has 100 valence electrons. The first-order valence-electron chi connectivity index (χ1n) is 6.49. The van der Waals surface area contributed by atoms with Gasteiger partial charge in [0.15, 0.2) is 0 Å². The maximum absolute atomic E-state index is 9.77. The Hall–Kier alpha value is 0.170. The van der Waals surface area contributed by atoms with Gasteiger partial charge in [-0.25, -0.2) is 0 Å². The molecule has 0 saturated heterocycles. The second-order valence-corrected chi connectivity index (χ2v) is 12.7. The van der Waals surface area contributed by atoms with Gasteiger partial charge in [0.25, 0.3) is 0 Å². The van der Waals surface area contributed by atoms with Gasteiger partial charge in [0.1, 0.15) is 0 Å². The molecule has 0 unspecified atom stereocenters. The summed E-state index contributed by atoms with van der Waals surface area (Å²) in [4.78, 5) is 0. The van der Waals surface area contributed by atoms with Gasteiger partial charge < -0.3 is 0 Å². The van der Waals surface area contributed by atoms with Crippen LogP contribution in [0.4, 0.5) is 0 Å². The minimum atomic E-state index is -1.00. The Morgan fingerprint density at radius 3 is 2.71 bits per heavy atom. The number of rotatable bonds is 5. The van der Waals surface area contributed by atoms with Crippen molar-refractivity contribution >= 4 is 19.8 Å². The SMILES string of the molecule is CC(C)=CCC[C@](C)(CO)I1CC=C(C)CC1. The molecule has 0 aromatic heterocycles. The maximum atomic E-state index is 9.77. The molecule has 1 aliphatic heterocycles. The Bertz CT molecular complexity index is 302. The van der Waals surface area contributed by atoms with E-state index in [-0.39, 0.29) is 3.42 Å². The van der Waals surface area contributed by atoms with Crippen LogP contribution in [0.1, 0.15) is 47.0 Å². The van der Waals surface area contributed by atoms with E-state index in [4.69, 9.17) is 0 Å². The van der Waals surface area contributed by atoms with Crippen LogP contribution in [0.5, 0.6) is 0 Å². The number of hydrogen-bond donors (Lipinski definition) is 1. The molecule has 0 radical (unpaired) electrons. The molecule has 0 bridgehead atoms. The molecule has 1 nitrogen and oxygen atoms in total. The molecular weight excluding hydrogens is 323 g/mol. The first kappa shape index (κ1) is 15.2. The molecule has 0 saturated carbocycles. The fourth-order valence-electron chi connectivity index (χ4n) is 2.04. The van der Waals surface area contributed by atoms with Gasteiger partial charge in [-0.3, -0.25) is 0 Å². The third-order valence-corrected chi connectivity index (χ3v) is 11.4. The van der Waals surface area contributed by atoms with E-state index < -0.39 is 19.8 Å². The number of alkyl halides is 3. The zero-order valence-corrected chi connectivity index (χ0v) is 13.9. The number of aliphatic hydroxyl groups is 1. The molecule has 17 heavy (non-hydrogen) atoms. The molecule has 0 amide bonds. The standard InChI is InChI=1S/C15H27IO/c1-13(2)6-5-9-15(4,12-17)16-10-7-14(3)8-11-16/h6-7,17H,5,8-12H2,1-4H3/t15-/m1/s1. The van der Waals surface area contributed by atoms with Crippen LogP contribution in [0.2, 0.25) is 0 Å². The normalized spacial score (nSPS) is 21.7. The van der Waals surface area contributed by atoms with Crippen molar-refractivity contribution in [2.45, 2.75) is 50.4 Å². The molecule has 2 heteroatoms. The van der Waals surface area contributed by atoms with Gasteiger partial charge in [-0.05, 0) is 0 Å². The Labute approximate surface area is 114 Å². The first-order chi connectivity index (χ1) is 7.98. The molecule has 1 aliphatic rings. The van der Waals surface area contributed by atoms with Crippen LogP contribution in [0.25, 0.3) is 0 Å². The van der Waals surface area contributed by atoms with Crippen LogP contribution < -0.4 is 0 Å². The zero-order valence-electron chi connectivity index (χ0n) is 11.7. The summed E-state index contributed by atoms with van der Waals surface area (Å²) in [5, 5.41) is 9.77. The number of aliphatic hydroxyl groups excluding tert-OH is 1. The second kappa shape index (κ2) is 6.93. The predicted octanol–water partition coefficient (Wildman–Crippen LogP) is 4.34. The Morgan fingerprint density at radius 1 is 1.53 bits per heavy atom. The Balaban J connectivity index is 2.58. The van der Waals surface area contributed by atoms with Crippen molar-refractivity contribution in [3.05, 3.63) is 23.3 Å². The quantitative estimate of drug-likeness (QED) is 0.444. The second-order valence-electron chi connectivity index (χ2n) is 5.49.